The Morgan fingerprint density at radius 1 is 1.33 bits per heavy atom. The molecule has 6 heteroatoms. The van der Waals surface area contributed by atoms with Crippen molar-refractivity contribution in [2.24, 2.45) is 16.6 Å². The Bertz CT molecular complexity index is 396. The molecule has 0 aromatic heterocycles. The van der Waals surface area contributed by atoms with Crippen LogP contribution in [0.2, 0.25) is 0 Å². The molecule has 0 heterocycles. The number of rotatable bonds is 5. The van der Waals surface area contributed by atoms with Crippen molar-refractivity contribution in [3.8, 4) is 0 Å². The molecule has 0 atom stereocenters. The molecule has 18 heavy (non-hydrogen) atoms. The summed E-state index contributed by atoms with van der Waals surface area (Å²) in [7, 11) is -3.21. The van der Waals surface area contributed by atoms with Gasteiger partial charge >= 0.3 is 0 Å². The Labute approximate surface area is 110 Å². The van der Waals surface area contributed by atoms with E-state index in [-0.39, 0.29) is 0 Å². The second-order valence-electron chi connectivity index (χ2n) is 5.83. The van der Waals surface area contributed by atoms with Crippen LogP contribution in [0.25, 0.3) is 0 Å². The molecular formula is C12H25N3O2S. The number of nitrogens with two attached hydrogens (primary N) is 1. The Morgan fingerprint density at radius 3 is 2.39 bits per heavy atom. The number of hydrogen-bond acceptors (Lipinski definition) is 3. The second kappa shape index (κ2) is 6.02. The summed E-state index contributed by atoms with van der Waals surface area (Å²) in [6, 6.07) is 0. The van der Waals surface area contributed by atoms with Crippen LogP contribution >= 0.6 is 0 Å². The van der Waals surface area contributed by atoms with Gasteiger partial charge in [0.05, 0.1) is 18.6 Å². The number of aliphatic imine (C=N–C) groups is 1. The fourth-order valence-corrected chi connectivity index (χ4v) is 3.42. The molecule has 1 aliphatic rings. The third-order valence-corrected chi connectivity index (χ3v) is 4.07. The van der Waals surface area contributed by atoms with Crippen molar-refractivity contribution in [3.63, 3.8) is 0 Å². The maximum atomic E-state index is 11.2. The Kier molecular flexibility index (Phi) is 5.16. The van der Waals surface area contributed by atoms with Gasteiger partial charge in [-0.1, -0.05) is 19.3 Å². The topological polar surface area (TPSA) is 84.5 Å². The van der Waals surface area contributed by atoms with Crippen molar-refractivity contribution in [2.45, 2.75) is 51.5 Å². The lowest BCUT2D eigenvalue weighted by molar-refractivity contribution is 0.431. The van der Waals surface area contributed by atoms with Crippen LogP contribution in [-0.4, -0.2) is 32.6 Å². The molecule has 0 aromatic rings. The number of nitrogens with zero attached hydrogens (tertiary/aromatic N) is 1. The number of amidine groups is 1. The predicted octanol–water partition coefficient (Wildman–Crippen LogP) is 1.25. The summed E-state index contributed by atoms with van der Waals surface area (Å²) >= 11 is 0. The largest absolute Gasteiger partial charge is 0.387 e. The van der Waals surface area contributed by atoms with Crippen molar-refractivity contribution in [2.75, 3.05) is 12.8 Å². The quantitative estimate of drug-likeness (QED) is 0.585. The predicted molar refractivity (Wildman–Crippen MR) is 75.1 cm³/mol. The average molecular weight is 275 g/mol. The fourth-order valence-electron chi connectivity index (χ4n) is 2.35. The summed E-state index contributed by atoms with van der Waals surface area (Å²) in [4.78, 5) is 4.37. The van der Waals surface area contributed by atoms with Crippen LogP contribution < -0.4 is 10.5 Å². The lowest BCUT2D eigenvalue weighted by Crippen LogP contribution is -2.45. The van der Waals surface area contributed by atoms with E-state index in [4.69, 9.17) is 5.73 Å². The third kappa shape index (κ3) is 5.82. The normalized spacial score (nSPS) is 20.1. The molecule has 0 unspecified atom stereocenters. The molecule has 1 saturated carbocycles. The third-order valence-electron chi connectivity index (χ3n) is 3.14. The Hall–Kier alpha value is -0.620. The summed E-state index contributed by atoms with van der Waals surface area (Å²) in [5.41, 5.74) is 5.40. The average Bonchev–Trinajstić information content (AvgIpc) is 2.24. The molecule has 1 aliphatic carbocycles. The van der Waals surface area contributed by atoms with Crippen LogP contribution in [0, 0.1) is 5.92 Å². The van der Waals surface area contributed by atoms with Crippen molar-refractivity contribution in [1.29, 1.82) is 0 Å². The highest BCUT2D eigenvalue weighted by molar-refractivity contribution is 7.88. The van der Waals surface area contributed by atoms with Gasteiger partial charge < -0.3 is 5.73 Å². The molecule has 0 spiro atoms. The first kappa shape index (κ1) is 15.4. The van der Waals surface area contributed by atoms with Crippen LogP contribution in [0.5, 0.6) is 0 Å². The second-order valence-corrected chi connectivity index (χ2v) is 7.58. The Balaban J connectivity index is 2.55. The van der Waals surface area contributed by atoms with Gasteiger partial charge in [0.15, 0.2) is 0 Å². The molecule has 0 bridgehead atoms. The van der Waals surface area contributed by atoms with E-state index < -0.39 is 15.6 Å². The van der Waals surface area contributed by atoms with E-state index in [0.29, 0.717) is 18.3 Å². The van der Waals surface area contributed by atoms with Gasteiger partial charge in [0.25, 0.3) is 0 Å². The monoisotopic (exact) mass is 275 g/mol. The van der Waals surface area contributed by atoms with E-state index >= 15 is 0 Å². The zero-order chi connectivity index (χ0) is 13.8. The first-order chi connectivity index (χ1) is 8.20. The molecule has 1 rings (SSSR count). The lowest BCUT2D eigenvalue weighted by Gasteiger charge is -2.25. The highest BCUT2D eigenvalue weighted by atomic mass is 32.2. The van der Waals surface area contributed by atoms with Crippen LogP contribution in [0.15, 0.2) is 4.99 Å². The van der Waals surface area contributed by atoms with E-state index in [1.54, 1.807) is 0 Å². The van der Waals surface area contributed by atoms with Crippen LogP contribution in [0.3, 0.4) is 0 Å². The molecule has 0 saturated heterocycles. The number of hydrogen-bond donors (Lipinski definition) is 2. The van der Waals surface area contributed by atoms with Gasteiger partial charge in [-0.3, -0.25) is 4.99 Å². The van der Waals surface area contributed by atoms with E-state index in [9.17, 15) is 8.42 Å². The maximum absolute atomic E-state index is 11.2. The molecular weight excluding hydrogens is 250 g/mol. The molecule has 0 aliphatic heterocycles. The molecule has 0 radical (unpaired) electrons. The van der Waals surface area contributed by atoms with E-state index in [1.807, 2.05) is 13.8 Å². The summed E-state index contributed by atoms with van der Waals surface area (Å²) in [6.45, 7) is 4.00. The van der Waals surface area contributed by atoms with Gasteiger partial charge in [0.2, 0.25) is 10.0 Å². The molecule has 0 amide bonds. The van der Waals surface area contributed by atoms with Gasteiger partial charge in [-0.15, -0.1) is 0 Å². The molecule has 106 valence electrons. The van der Waals surface area contributed by atoms with Gasteiger partial charge in [0, 0.05) is 11.5 Å². The van der Waals surface area contributed by atoms with E-state index in [1.165, 1.54) is 19.3 Å². The van der Waals surface area contributed by atoms with Crippen molar-refractivity contribution < 1.29 is 8.42 Å². The maximum Gasteiger partial charge on any atom is 0.209 e. The summed E-state index contributed by atoms with van der Waals surface area (Å²) in [6.07, 6.45) is 7.08. The van der Waals surface area contributed by atoms with Gasteiger partial charge in [-0.25, -0.2) is 13.1 Å². The lowest BCUT2D eigenvalue weighted by atomic mass is 9.88. The zero-order valence-electron chi connectivity index (χ0n) is 11.6. The minimum Gasteiger partial charge on any atom is -0.387 e. The van der Waals surface area contributed by atoms with Crippen molar-refractivity contribution >= 4 is 15.9 Å². The molecule has 3 N–H and O–H groups in total. The van der Waals surface area contributed by atoms with Gasteiger partial charge in [0.1, 0.15) is 0 Å². The number of sulfonamides is 1. The standard InChI is InChI=1S/C12H25N3O2S/c1-12(2,15-18(3,16)17)9-14-11(13)10-7-5-4-6-8-10/h10,15H,4-9H2,1-3H3,(H2,13,14). The van der Waals surface area contributed by atoms with Crippen LogP contribution in [0.4, 0.5) is 0 Å². The zero-order valence-corrected chi connectivity index (χ0v) is 12.4. The highest BCUT2D eigenvalue weighted by Gasteiger charge is 2.23. The van der Waals surface area contributed by atoms with Crippen molar-refractivity contribution in [1.82, 2.24) is 4.72 Å². The molecule has 0 aromatic carbocycles. The summed E-state index contributed by atoms with van der Waals surface area (Å²) in [5.74, 6) is 1.06. The van der Waals surface area contributed by atoms with Gasteiger partial charge in [-0.05, 0) is 26.7 Å². The SMILES string of the molecule is CC(C)(CN=C(N)C1CCCCC1)NS(C)(=O)=O. The molecule has 1 fully saturated rings. The number of nitrogens with one attached hydrogen (secondary N) is 1. The first-order valence-electron chi connectivity index (χ1n) is 6.48. The van der Waals surface area contributed by atoms with Gasteiger partial charge in [-0.2, -0.15) is 0 Å². The minimum absolute atomic E-state index is 0.377. The summed E-state index contributed by atoms with van der Waals surface area (Å²) < 4.78 is 25.0. The Morgan fingerprint density at radius 2 is 1.89 bits per heavy atom. The fraction of sp³-hybridized carbons (Fsp3) is 0.917. The summed E-state index contributed by atoms with van der Waals surface area (Å²) in [5, 5.41) is 0. The van der Waals surface area contributed by atoms with Crippen LogP contribution in [-0.2, 0) is 10.0 Å². The smallest absolute Gasteiger partial charge is 0.209 e. The minimum atomic E-state index is -3.21. The van der Waals surface area contributed by atoms with Crippen molar-refractivity contribution in [3.05, 3.63) is 0 Å². The molecule has 5 nitrogen and oxygen atoms in total. The van der Waals surface area contributed by atoms with E-state index in [0.717, 1.165) is 19.1 Å². The first-order valence-corrected chi connectivity index (χ1v) is 8.37. The van der Waals surface area contributed by atoms with E-state index in [2.05, 4.69) is 9.71 Å². The highest BCUT2D eigenvalue weighted by Crippen LogP contribution is 2.23. The van der Waals surface area contributed by atoms with Crippen LogP contribution in [0.1, 0.15) is 46.0 Å².